The van der Waals surface area contributed by atoms with E-state index in [0.717, 1.165) is 0 Å². The van der Waals surface area contributed by atoms with E-state index in [0.29, 0.717) is 17.1 Å². The van der Waals surface area contributed by atoms with Crippen molar-refractivity contribution in [2.24, 2.45) is 5.92 Å². The van der Waals surface area contributed by atoms with Gasteiger partial charge in [0.05, 0.1) is 7.11 Å². The maximum Gasteiger partial charge on any atom is 0.329 e. The van der Waals surface area contributed by atoms with Gasteiger partial charge in [-0.15, -0.1) is 0 Å². The van der Waals surface area contributed by atoms with Gasteiger partial charge in [-0.1, -0.05) is 32.0 Å². The van der Waals surface area contributed by atoms with Gasteiger partial charge in [-0.2, -0.15) is 0 Å². The van der Waals surface area contributed by atoms with Crippen LogP contribution in [0, 0.1) is 5.92 Å². The van der Waals surface area contributed by atoms with Gasteiger partial charge in [0.2, 0.25) is 0 Å². The quantitative estimate of drug-likeness (QED) is 0.542. The number of hydrogen-bond acceptors (Lipinski definition) is 5. The Morgan fingerprint density at radius 2 is 1.59 bits per heavy atom. The molecule has 27 heavy (non-hydrogen) atoms. The molecular formula is C21H25NO5. The Morgan fingerprint density at radius 1 is 0.926 bits per heavy atom. The van der Waals surface area contributed by atoms with E-state index in [4.69, 9.17) is 14.2 Å². The Kier molecular flexibility index (Phi) is 7.67. The molecule has 144 valence electrons. The van der Waals surface area contributed by atoms with Crippen LogP contribution in [0.1, 0.15) is 24.2 Å². The van der Waals surface area contributed by atoms with E-state index in [1.165, 1.54) is 0 Å². The second-order valence-corrected chi connectivity index (χ2v) is 6.25. The number of esters is 1. The third-order valence-electron chi connectivity index (χ3n) is 3.90. The largest absolute Gasteiger partial charge is 0.497 e. The minimum atomic E-state index is -0.740. The number of ether oxygens (including phenoxy) is 3. The fraction of sp³-hybridized carbons (Fsp3) is 0.333. The molecule has 6 heteroatoms. The Bertz CT molecular complexity index is 728. The van der Waals surface area contributed by atoms with Gasteiger partial charge in [-0.05, 0) is 42.3 Å². The first-order valence-corrected chi connectivity index (χ1v) is 8.80. The summed E-state index contributed by atoms with van der Waals surface area (Å²) in [6, 6.07) is 15.2. The first kappa shape index (κ1) is 20.3. The number of benzene rings is 2. The van der Waals surface area contributed by atoms with E-state index >= 15 is 0 Å². The van der Waals surface area contributed by atoms with Crippen LogP contribution >= 0.6 is 0 Å². The van der Waals surface area contributed by atoms with Gasteiger partial charge in [-0.25, -0.2) is 4.79 Å². The molecule has 1 N–H and O–H groups in total. The van der Waals surface area contributed by atoms with Crippen molar-refractivity contribution in [2.45, 2.75) is 19.9 Å². The second kappa shape index (κ2) is 10.2. The van der Waals surface area contributed by atoms with Crippen molar-refractivity contribution in [3.05, 3.63) is 60.2 Å². The summed E-state index contributed by atoms with van der Waals surface area (Å²) in [5.74, 6) is 0.429. The molecule has 1 atom stereocenters. The van der Waals surface area contributed by atoms with Crippen molar-refractivity contribution in [3.8, 4) is 11.5 Å². The molecule has 0 aliphatic heterocycles. The van der Waals surface area contributed by atoms with Crippen LogP contribution in [-0.4, -0.2) is 38.2 Å². The smallest absolute Gasteiger partial charge is 0.329 e. The summed E-state index contributed by atoms with van der Waals surface area (Å²) in [6.07, 6.45) is 0. The summed E-state index contributed by atoms with van der Waals surface area (Å²) in [4.78, 5) is 24.7. The van der Waals surface area contributed by atoms with Crippen molar-refractivity contribution in [3.63, 3.8) is 0 Å². The minimum absolute atomic E-state index is 0.107. The fourth-order valence-electron chi connectivity index (χ4n) is 2.37. The minimum Gasteiger partial charge on any atom is -0.497 e. The monoisotopic (exact) mass is 371 g/mol. The topological polar surface area (TPSA) is 73.9 Å². The van der Waals surface area contributed by atoms with Crippen molar-refractivity contribution in [1.82, 2.24) is 5.32 Å². The number of amides is 1. The van der Waals surface area contributed by atoms with Crippen LogP contribution < -0.4 is 14.8 Å². The summed E-state index contributed by atoms with van der Waals surface area (Å²) < 4.78 is 15.8. The van der Waals surface area contributed by atoms with E-state index < -0.39 is 12.0 Å². The van der Waals surface area contributed by atoms with E-state index in [2.05, 4.69) is 5.32 Å². The predicted octanol–water partition coefficient (Wildman–Crippen LogP) is 3.07. The van der Waals surface area contributed by atoms with Crippen molar-refractivity contribution in [1.29, 1.82) is 0 Å². The normalized spacial score (nSPS) is 11.6. The van der Waals surface area contributed by atoms with Gasteiger partial charge >= 0.3 is 5.97 Å². The van der Waals surface area contributed by atoms with Gasteiger partial charge in [0.25, 0.3) is 5.91 Å². The molecule has 0 aliphatic carbocycles. The summed E-state index contributed by atoms with van der Waals surface area (Å²) in [6.45, 7) is 4.05. The lowest BCUT2D eigenvalue weighted by Gasteiger charge is -2.21. The average Bonchev–Trinajstić information content (AvgIpc) is 2.69. The molecule has 2 rings (SSSR count). The zero-order chi connectivity index (χ0) is 19.6. The van der Waals surface area contributed by atoms with E-state index in [1.54, 1.807) is 31.4 Å². The Hall–Kier alpha value is -3.02. The molecule has 6 nitrogen and oxygen atoms in total. The summed E-state index contributed by atoms with van der Waals surface area (Å²) >= 11 is 0. The molecule has 2 aromatic rings. The number of nitrogens with one attached hydrogen (secondary N) is 1. The van der Waals surface area contributed by atoms with Crippen molar-refractivity contribution in [2.75, 3.05) is 20.3 Å². The van der Waals surface area contributed by atoms with Gasteiger partial charge in [0, 0.05) is 5.56 Å². The third-order valence-corrected chi connectivity index (χ3v) is 3.90. The number of carbonyl (C=O) groups excluding carboxylic acids is 2. The lowest BCUT2D eigenvalue weighted by atomic mass is 10.0. The van der Waals surface area contributed by atoms with Crippen molar-refractivity contribution >= 4 is 11.9 Å². The van der Waals surface area contributed by atoms with Gasteiger partial charge in [0.15, 0.2) is 0 Å². The molecule has 0 aliphatic rings. The second-order valence-electron chi connectivity index (χ2n) is 6.25. The number of hydrogen-bond donors (Lipinski definition) is 1. The van der Waals surface area contributed by atoms with Crippen LogP contribution in [0.15, 0.2) is 54.6 Å². The van der Waals surface area contributed by atoms with Crippen molar-refractivity contribution < 1.29 is 23.8 Å². The maximum absolute atomic E-state index is 12.4. The summed E-state index contributed by atoms with van der Waals surface area (Å²) in [7, 11) is 1.56. The molecule has 0 aromatic heterocycles. The number of methoxy groups -OCH3 is 1. The van der Waals surface area contributed by atoms with Gasteiger partial charge in [0.1, 0.15) is 30.8 Å². The number of para-hydroxylation sites is 1. The van der Waals surface area contributed by atoms with Crippen LogP contribution in [0.2, 0.25) is 0 Å². The number of rotatable bonds is 9. The third kappa shape index (κ3) is 6.33. The Labute approximate surface area is 159 Å². The molecular weight excluding hydrogens is 346 g/mol. The first-order valence-electron chi connectivity index (χ1n) is 8.80. The molecule has 0 spiro atoms. The van der Waals surface area contributed by atoms with Gasteiger partial charge < -0.3 is 19.5 Å². The lowest BCUT2D eigenvalue weighted by molar-refractivity contribution is -0.147. The molecule has 0 fully saturated rings. The zero-order valence-corrected chi connectivity index (χ0v) is 15.8. The molecule has 0 bridgehead atoms. The standard InChI is InChI=1S/C21H25NO5/c1-15(2)19(22-20(23)16-9-11-17(25-3)12-10-16)21(24)27-14-13-26-18-7-5-4-6-8-18/h4-12,15,19H,13-14H2,1-3H3,(H,22,23)/t19-/m0/s1. The summed E-state index contributed by atoms with van der Waals surface area (Å²) in [5, 5.41) is 2.73. The van der Waals surface area contributed by atoms with Crippen LogP contribution in [-0.2, 0) is 9.53 Å². The molecule has 0 saturated carbocycles. The van der Waals surface area contributed by atoms with Crippen LogP contribution in [0.5, 0.6) is 11.5 Å². The fourth-order valence-corrected chi connectivity index (χ4v) is 2.37. The first-order chi connectivity index (χ1) is 13.0. The SMILES string of the molecule is COc1ccc(C(=O)N[C@H](C(=O)OCCOc2ccccc2)C(C)C)cc1. The molecule has 0 unspecified atom stereocenters. The maximum atomic E-state index is 12.4. The highest BCUT2D eigenvalue weighted by Crippen LogP contribution is 2.13. The lowest BCUT2D eigenvalue weighted by Crippen LogP contribution is -2.45. The van der Waals surface area contributed by atoms with E-state index in [9.17, 15) is 9.59 Å². The highest BCUT2D eigenvalue weighted by atomic mass is 16.6. The molecule has 2 aromatic carbocycles. The average molecular weight is 371 g/mol. The molecule has 1 amide bonds. The predicted molar refractivity (Wildman–Crippen MR) is 102 cm³/mol. The zero-order valence-electron chi connectivity index (χ0n) is 15.8. The highest BCUT2D eigenvalue weighted by Gasteiger charge is 2.26. The molecule has 0 radical (unpaired) electrons. The molecule has 0 heterocycles. The highest BCUT2D eigenvalue weighted by molar-refractivity contribution is 5.96. The van der Waals surface area contributed by atoms with Crippen LogP contribution in [0.25, 0.3) is 0 Å². The summed E-state index contributed by atoms with van der Waals surface area (Å²) in [5.41, 5.74) is 0.446. The van der Waals surface area contributed by atoms with Crippen LogP contribution in [0.4, 0.5) is 0 Å². The van der Waals surface area contributed by atoms with E-state index in [-0.39, 0.29) is 25.0 Å². The number of carbonyl (C=O) groups is 2. The Morgan fingerprint density at radius 3 is 2.19 bits per heavy atom. The van der Waals surface area contributed by atoms with Gasteiger partial charge in [-0.3, -0.25) is 4.79 Å². The van der Waals surface area contributed by atoms with Crippen LogP contribution in [0.3, 0.4) is 0 Å². The molecule has 0 saturated heterocycles. The Balaban J connectivity index is 1.85. The van der Waals surface area contributed by atoms with E-state index in [1.807, 2.05) is 44.2 Å².